The van der Waals surface area contributed by atoms with E-state index in [1.54, 1.807) is 6.20 Å². The highest BCUT2D eigenvalue weighted by Gasteiger charge is 2.18. The van der Waals surface area contributed by atoms with Crippen molar-refractivity contribution in [2.75, 3.05) is 6.61 Å². The molecule has 1 aromatic heterocycles. The van der Waals surface area contributed by atoms with Crippen LogP contribution in [0, 0.1) is 0 Å². The lowest BCUT2D eigenvalue weighted by molar-refractivity contribution is -0.123. The van der Waals surface area contributed by atoms with Crippen LogP contribution < -0.4 is 5.32 Å². The molecule has 0 spiro atoms. The largest absolute Gasteiger partial charge is 0.378 e. The summed E-state index contributed by atoms with van der Waals surface area (Å²) in [4.78, 5) is 12.0. The molecule has 5 heteroatoms. The number of carbonyl (C=O) groups excluding carboxylic acids is 1. The van der Waals surface area contributed by atoms with Gasteiger partial charge >= 0.3 is 0 Å². The van der Waals surface area contributed by atoms with Crippen molar-refractivity contribution in [2.45, 2.75) is 38.5 Å². The maximum atomic E-state index is 12.0. The molecule has 1 unspecified atom stereocenters. The first-order valence-electron chi connectivity index (χ1n) is 7.74. The average Bonchev–Trinajstić information content (AvgIpc) is 3.20. The number of hydrogen-bond donors (Lipinski definition) is 1. The van der Waals surface area contributed by atoms with Gasteiger partial charge in [-0.3, -0.25) is 9.48 Å². The molecule has 0 bridgehead atoms. The van der Waals surface area contributed by atoms with Crippen LogP contribution in [0.4, 0.5) is 0 Å². The molecule has 0 radical (unpaired) electrons. The van der Waals surface area contributed by atoms with Gasteiger partial charge < -0.3 is 10.1 Å². The number of rotatable bonds is 6. The van der Waals surface area contributed by atoms with E-state index >= 15 is 0 Å². The van der Waals surface area contributed by atoms with Crippen molar-refractivity contribution in [3.8, 4) is 0 Å². The molecule has 1 aliphatic heterocycles. The lowest BCUT2D eigenvalue weighted by atomic mass is 10.1. The number of carbonyl (C=O) groups is 1. The second kappa shape index (κ2) is 7.22. The Kier molecular flexibility index (Phi) is 4.85. The molecule has 22 heavy (non-hydrogen) atoms. The number of hydrogen-bond acceptors (Lipinski definition) is 3. The molecule has 1 aromatic carbocycles. The molecule has 1 amide bonds. The van der Waals surface area contributed by atoms with E-state index in [4.69, 9.17) is 4.74 Å². The number of nitrogens with one attached hydrogen (secondary N) is 1. The molecule has 0 saturated carbocycles. The summed E-state index contributed by atoms with van der Waals surface area (Å²) in [5.41, 5.74) is 2.29. The van der Waals surface area contributed by atoms with Crippen molar-refractivity contribution in [3.63, 3.8) is 0 Å². The van der Waals surface area contributed by atoms with Crippen molar-refractivity contribution in [1.82, 2.24) is 15.1 Å². The quantitative estimate of drug-likeness (QED) is 0.889. The van der Waals surface area contributed by atoms with Gasteiger partial charge in [-0.05, 0) is 30.0 Å². The number of amides is 1. The highest BCUT2D eigenvalue weighted by atomic mass is 16.5. The Hall–Kier alpha value is -2.14. The fourth-order valence-electron chi connectivity index (χ4n) is 2.73. The molecule has 116 valence electrons. The van der Waals surface area contributed by atoms with E-state index in [-0.39, 0.29) is 12.0 Å². The van der Waals surface area contributed by atoms with Gasteiger partial charge in [0.25, 0.3) is 0 Å². The van der Waals surface area contributed by atoms with E-state index in [2.05, 4.69) is 16.5 Å². The van der Waals surface area contributed by atoms with Gasteiger partial charge in [-0.2, -0.15) is 5.10 Å². The third kappa shape index (κ3) is 3.95. The van der Waals surface area contributed by atoms with E-state index in [1.807, 2.05) is 35.1 Å². The monoisotopic (exact) mass is 299 g/mol. The molecule has 2 heterocycles. The van der Waals surface area contributed by atoms with Gasteiger partial charge in [-0.25, -0.2) is 0 Å². The summed E-state index contributed by atoms with van der Waals surface area (Å²) in [6.07, 6.45) is 6.31. The predicted octanol–water partition coefficient (Wildman–Crippen LogP) is 2.12. The van der Waals surface area contributed by atoms with Crippen molar-refractivity contribution >= 4 is 5.91 Å². The number of aromatic nitrogens is 2. The third-order valence-electron chi connectivity index (χ3n) is 3.92. The minimum Gasteiger partial charge on any atom is -0.378 e. The molecule has 1 fully saturated rings. The van der Waals surface area contributed by atoms with Crippen LogP contribution in [0.15, 0.2) is 42.7 Å². The zero-order chi connectivity index (χ0) is 15.2. The average molecular weight is 299 g/mol. The molecule has 0 aliphatic carbocycles. The van der Waals surface area contributed by atoms with Crippen LogP contribution in [0.2, 0.25) is 0 Å². The SMILES string of the molecule is O=C(CC1CCCO1)NCc1ccccc1Cn1cccn1. The fraction of sp³-hybridized carbons (Fsp3) is 0.412. The molecule has 1 atom stereocenters. The lowest BCUT2D eigenvalue weighted by Gasteiger charge is -2.12. The van der Waals surface area contributed by atoms with Crippen LogP contribution in [-0.4, -0.2) is 28.4 Å². The first kappa shape index (κ1) is 14.8. The van der Waals surface area contributed by atoms with Gasteiger partial charge in [0.2, 0.25) is 5.91 Å². The fourth-order valence-corrected chi connectivity index (χ4v) is 2.73. The number of ether oxygens (including phenoxy) is 1. The summed E-state index contributed by atoms with van der Waals surface area (Å²) < 4.78 is 7.38. The van der Waals surface area contributed by atoms with Gasteiger partial charge in [-0.15, -0.1) is 0 Å². The number of benzene rings is 1. The molecule has 1 N–H and O–H groups in total. The zero-order valence-corrected chi connectivity index (χ0v) is 12.6. The molecule has 5 nitrogen and oxygen atoms in total. The molecule has 1 aliphatic rings. The standard InChI is InChI=1S/C17H21N3O2/c21-17(11-16-7-3-10-22-16)18-12-14-5-1-2-6-15(14)13-20-9-4-8-19-20/h1-2,4-6,8-9,16H,3,7,10-13H2,(H,18,21). The van der Waals surface area contributed by atoms with Crippen LogP contribution >= 0.6 is 0 Å². The van der Waals surface area contributed by atoms with E-state index in [1.165, 1.54) is 5.56 Å². The summed E-state index contributed by atoms with van der Waals surface area (Å²) >= 11 is 0. The Morgan fingerprint density at radius 3 is 2.91 bits per heavy atom. The lowest BCUT2D eigenvalue weighted by Crippen LogP contribution is -2.27. The second-order valence-corrected chi connectivity index (χ2v) is 5.59. The van der Waals surface area contributed by atoms with Gasteiger partial charge in [0.15, 0.2) is 0 Å². The van der Waals surface area contributed by atoms with Crippen molar-refractivity contribution in [3.05, 3.63) is 53.9 Å². The number of nitrogens with zero attached hydrogens (tertiary/aromatic N) is 2. The molecule has 3 rings (SSSR count). The maximum Gasteiger partial charge on any atom is 0.222 e. The topological polar surface area (TPSA) is 56.1 Å². The molecule has 2 aromatic rings. The van der Waals surface area contributed by atoms with Gasteiger partial charge in [0.05, 0.1) is 19.1 Å². The summed E-state index contributed by atoms with van der Waals surface area (Å²) in [7, 11) is 0. The molecular weight excluding hydrogens is 278 g/mol. The summed E-state index contributed by atoms with van der Waals surface area (Å²) in [5, 5.41) is 7.23. The van der Waals surface area contributed by atoms with Crippen molar-refractivity contribution < 1.29 is 9.53 Å². The highest BCUT2D eigenvalue weighted by Crippen LogP contribution is 2.15. The van der Waals surface area contributed by atoms with Crippen molar-refractivity contribution in [1.29, 1.82) is 0 Å². The van der Waals surface area contributed by atoms with Crippen LogP contribution in [0.3, 0.4) is 0 Å². The maximum absolute atomic E-state index is 12.0. The van der Waals surface area contributed by atoms with Gasteiger partial charge in [-0.1, -0.05) is 24.3 Å². The summed E-state index contributed by atoms with van der Waals surface area (Å²) in [5.74, 6) is 0.0563. The van der Waals surface area contributed by atoms with Crippen LogP contribution in [0.1, 0.15) is 30.4 Å². The Balaban J connectivity index is 1.56. The Morgan fingerprint density at radius 1 is 1.32 bits per heavy atom. The minimum absolute atomic E-state index is 0.0563. The van der Waals surface area contributed by atoms with E-state index in [0.717, 1.165) is 25.0 Å². The van der Waals surface area contributed by atoms with Gasteiger partial charge in [0, 0.05) is 25.5 Å². The first-order chi connectivity index (χ1) is 10.8. The van der Waals surface area contributed by atoms with E-state index < -0.39 is 0 Å². The summed E-state index contributed by atoms with van der Waals surface area (Å²) in [6, 6.07) is 10.0. The Labute approximate surface area is 130 Å². The van der Waals surface area contributed by atoms with Crippen LogP contribution in [0.25, 0.3) is 0 Å². The second-order valence-electron chi connectivity index (χ2n) is 5.59. The zero-order valence-electron chi connectivity index (χ0n) is 12.6. The smallest absolute Gasteiger partial charge is 0.222 e. The first-order valence-corrected chi connectivity index (χ1v) is 7.74. The third-order valence-corrected chi connectivity index (χ3v) is 3.92. The summed E-state index contributed by atoms with van der Waals surface area (Å²) in [6.45, 7) is 2.04. The Bertz CT molecular complexity index is 604. The van der Waals surface area contributed by atoms with E-state index in [9.17, 15) is 4.79 Å². The molecule has 1 saturated heterocycles. The highest BCUT2D eigenvalue weighted by molar-refractivity contribution is 5.76. The van der Waals surface area contributed by atoms with Crippen LogP contribution in [-0.2, 0) is 22.6 Å². The van der Waals surface area contributed by atoms with Crippen LogP contribution in [0.5, 0.6) is 0 Å². The predicted molar refractivity (Wildman–Crippen MR) is 83.2 cm³/mol. The molecular formula is C17H21N3O2. The van der Waals surface area contributed by atoms with Gasteiger partial charge in [0.1, 0.15) is 0 Å². The van der Waals surface area contributed by atoms with E-state index in [0.29, 0.717) is 19.5 Å². The van der Waals surface area contributed by atoms with Crippen molar-refractivity contribution in [2.24, 2.45) is 0 Å². The normalized spacial score (nSPS) is 17.5. The Morgan fingerprint density at radius 2 is 2.18 bits per heavy atom. The minimum atomic E-state index is 0.0563.